The molecule has 0 fully saturated rings. The lowest BCUT2D eigenvalue weighted by Gasteiger charge is -2.26. The van der Waals surface area contributed by atoms with E-state index in [2.05, 4.69) is 217 Å². The summed E-state index contributed by atoms with van der Waals surface area (Å²) in [6.45, 7) is 0. The summed E-state index contributed by atoms with van der Waals surface area (Å²) in [6.07, 6.45) is 0. The van der Waals surface area contributed by atoms with Crippen LogP contribution in [0, 0.1) is 0 Å². The maximum atomic E-state index is 6.33. The molecule has 0 N–H and O–H groups in total. The lowest BCUT2D eigenvalue weighted by Crippen LogP contribution is -2.09. The highest BCUT2D eigenvalue weighted by Gasteiger charge is 2.16. The summed E-state index contributed by atoms with van der Waals surface area (Å²) in [5, 5.41) is 2.25. The van der Waals surface area contributed by atoms with Gasteiger partial charge < -0.3 is 9.32 Å². The Morgan fingerprint density at radius 1 is 0.232 bits per heavy atom. The summed E-state index contributed by atoms with van der Waals surface area (Å²) in [4.78, 5) is 2.30. The van der Waals surface area contributed by atoms with Gasteiger partial charge in [-0.15, -0.1) is 0 Å². The molecule has 0 aliphatic heterocycles. The van der Waals surface area contributed by atoms with Crippen LogP contribution < -0.4 is 4.90 Å². The van der Waals surface area contributed by atoms with Crippen molar-refractivity contribution in [1.29, 1.82) is 0 Å². The van der Waals surface area contributed by atoms with Crippen LogP contribution in [0.1, 0.15) is 0 Å². The first-order valence-electron chi connectivity index (χ1n) is 19.1. The third-order valence-electron chi connectivity index (χ3n) is 10.7. The summed E-state index contributed by atoms with van der Waals surface area (Å²) < 4.78 is 6.33. The monoisotopic (exact) mass is 715 g/mol. The number of benzene rings is 9. The van der Waals surface area contributed by atoms with Crippen molar-refractivity contribution >= 4 is 39.0 Å². The molecule has 2 heteroatoms. The Morgan fingerprint density at radius 2 is 0.589 bits per heavy atom. The van der Waals surface area contributed by atoms with Gasteiger partial charge in [-0.3, -0.25) is 0 Å². The van der Waals surface area contributed by atoms with Crippen LogP contribution in [-0.4, -0.2) is 0 Å². The molecule has 264 valence electrons. The Bertz CT molecular complexity index is 2910. The third kappa shape index (κ3) is 6.44. The van der Waals surface area contributed by atoms with E-state index in [1.165, 1.54) is 55.6 Å². The van der Waals surface area contributed by atoms with Crippen molar-refractivity contribution in [1.82, 2.24) is 0 Å². The zero-order chi connectivity index (χ0) is 37.3. The van der Waals surface area contributed by atoms with Crippen LogP contribution in [0.25, 0.3) is 77.6 Å². The molecule has 2 nitrogen and oxygen atoms in total. The fraction of sp³-hybridized carbons (Fsp3) is 0. The van der Waals surface area contributed by atoms with Crippen molar-refractivity contribution in [3.8, 4) is 55.6 Å². The topological polar surface area (TPSA) is 16.4 Å². The van der Waals surface area contributed by atoms with E-state index in [9.17, 15) is 0 Å². The highest BCUT2D eigenvalue weighted by molar-refractivity contribution is 6.06. The van der Waals surface area contributed by atoms with E-state index in [1.807, 2.05) is 12.1 Å². The maximum absolute atomic E-state index is 6.33. The van der Waals surface area contributed by atoms with Crippen LogP contribution in [0.2, 0.25) is 0 Å². The van der Waals surface area contributed by atoms with E-state index in [1.54, 1.807) is 0 Å². The Labute approximate surface area is 327 Å². The normalized spacial score (nSPS) is 11.2. The molecule has 0 atom stereocenters. The molecule has 0 amide bonds. The molecule has 0 radical (unpaired) electrons. The van der Waals surface area contributed by atoms with Gasteiger partial charge in [0.05, 0.1) is 0 Å². The molecule has 0 aliphatic carbocycles. The summed E-state index contributed by atoms with van der Waals surface area (Å²) in [5.74, 6) is 0. The largest absolute Gasteiger partial charge is 0.456 e. The van der Waals surface area contributed by atoms with E-state index in [0.29, 0.717) is 0 Å². The number of hydrogen-bond acceptors (Lipinski definition) is 2. The minimum atomic E-state index is 0.873. The summed E-state index contributed by atoms with van der Waals surface area (Å²) in [7, 11) is 0. The summed E-state index contributed by atoms with van der Waals surface area (Å²) in [5.41, 5.74) is 17.0. The zero-order valence-corrected chi connectivity index (χ0v) is 30.7. The van der Waals surface area contributed by atoms with Crippen molar-refractivity contribution in [3.05, 3.63) is 224 Å². The van der Waals surface area contributed by atoms with Crippen LogP contribution in [0.15, 0.2) is 229 Å². The minimum absolute atomic E-state index is 0.873. The van der Waals surface area contributed by atoms with Gasteiger partial charge in [0.15, 0.2) is 0 Å². The second kappa shape index (κ2) is 14.4. The smallest absolute Gasteiger partial charge is 0.137 e. The van der Waals surface area contributed by atoms with Crippen molar-refractivity contribution in [2.45, 2.75) is 0 Å². The number of hydrogen-bond donors (Lipinski definition) is 0. The molecule has 0 saturated carbocycles. The van der Waals surface area contributed by atoms with Gasteiger partial charge in [-0.05, 0) is 104 Å². The fourth-order valence-corrected chi connectivity index (χ4v) is 7.76. The van der Waals surface area contributed by atoms with Gasteiger partial charge in [0.25, 0.3) is 0 Å². The van der Waals surface area contributed by atoms with E-state index in [-0.39, 0.29) is 0 Å². The predicted octanol–water partition coefficient (Wildman–Crippen LogP) is 15.4. The van der Waals surface area contributed by atoms with Crippen molar-refractivity contribution in [2.24, 2.45) is 0 Å². The molecule has 0 unspecified atom stereocenters. The van der Waals surface area contributed by atoms with Gasteiger partial charge in [0, 0.05) is 33.9 Å². The number of furan rings is 1. The fourth-order valence-electron chi connectivity index (χ4n) is 7.76. The quantitative estimate of drug-likeness (QED) is 0.156. The second-order valence-corrected chi connectivity index (χ2v) is 14.2. The van der Waals surface area contributed by atoms with Gasteiger partial charge >= 0.3 is 0 Å². The molecular weight excluding hydrogens is 679 g/mol. The molecule has 56 heavy (non-hydrogen) atoms. The van der Waals surface area contributed by atoms with Gasteiger partial charge in [-0.1, -0.05) is 170 Å². The van der Waals surface area contributed by atoms with E-state index < -0.39 is 0 Å². The molecule has 10 aromatic rings. The number of para-hydroxylation sites is 1. The maximum Gasteiger partial charge on any atom is 0.137 e. The van der Waals surface area contributed by atoms with Crippen LogP contribution in [0.5, 0.6) is 0 Å². The lowest BCUT2D eigenvalue weighted by atomic mass is 9.96. The molecule has 10 rings (SSSR count). The molecule has 9 aromatic carbocycles. The first-order chi connectivity index (χ1) is 27.7. The van der Waals surface area contributed by atoms with Gasteiger partial charge in [0.1, 0.15) is 11.2 Å². The Morgan fingerprint density at radius 3 is 1.11 bits per heavy atom. The van der Waals surface area contributed by atoms with Crippen LogP contribution in [0.3, 0.4) is 0 Å². The predicted molar refractivity (Wildman–Crippen MR) is 236 cm³/mol. The number of fused-ring (bicyclic) bond motifs is 3. The first kappa shape index (κ1) is 33.2. The molecule has 0 spiro atoms. The molecular formula is C54H37NO. The minimum Gasteiger partial charge on any atom is -0.456 e. The third-order valence-corrected chi connectivity index (χ3v) is 10.7. The standard InChI is InChI=1S/C54H37NO/c1-3-10-38(11-4-1)43-26-30-48(31-27-43)55(50-34-35-52-51-16-7-8-17-53(51)56-54(52)37-50)49-32-28-44(29-33-49)42-20-18-40(19-21-42)41-22-24-45(25-23-41)47-15-9-14-46(36-47)39-12-5-2-6-13-39/h1-37H. The van der Waals surface area contributed by atoms with Gasteiger partial charge in [-0.2, -0.15) is 0 Å². The van der Waals surface area contributed by atoms with Crippen molar-refractivity contribution in [3.63, 3.8) is 0 Å². The van der Waals surface area contributed by atoms with Gasteiger partial charge in [0.2, 0.25) is 0 Å². The molecule has 1 heterocycles. The molecule has 0 saturated heterocycles. The lowest BCUT2D eigenvalue weighted by molar-refractivity contribution is 0.669. The number of rotatable bonds is 8. The van der Waals surface area contributed by atoms with Crippen LogP contribution in [-0.2, 0) is 0 Å². The first-order valence-corrected chi connectivity index (χ1v) is 19.1. The zero-order valence-electron chi connectivity index (χ0n) is 30.7. The van der Waals surface area contributed by atoms with E-state index in [4.69, 9.17) is 4.42 Å². The molecule has 1 aromatic heterocycles. The van der Waals surface area contributed by atoms with Crippen molar-refractivity contribution in [2.75, 3.05) is 4.90 Å². The van der Waals surface area contributed by atoms with Crippen LogP contribution >= 0.6 is 0 Å². The van der Waals surface area contributed by atoms with Crippen molar-refractivity contribution < 1.29 is 4.42 Å². The SMILES string of the molecule is c1ccc(-c2ccc(N(c3ccc(-c4ccc(-c5ccc(-c6cccc(-c7ccccc7)c6)cc5)cc4)cc3)c3ccc4c(c3)oc3ccccc34)cc2)cc1. The summed E-state index contributed by atoms with van der Waals surface area (Å²) in [6, 6.07) is 80.0. The van der Waals surface area contributed by atoms with E-state index in [0.717, 1.165) is 39.0 Å². The van der Waals surface area contributed by atoms with Crippen LogP contribution in [0.4, 0.5) is 17.1 Å². The average Bonchev–Trinajstić information content (AvgIpc) is 3.66. The molecule has 0 aliphatic rings. The average molecular weight is 716 g/mol. The molecule has 0 bridgehead atoms. The second-order valence-electron chi connectivity index (χ2n) is 14.2. The Hall–Kier alpha value is -7.42. The Kier molecular flexibility index (Phi) is 8.55. The number of nitrogens with zero attached hydrogens (tertiary/aromatic N) is 1. The highest BCUT2D eigenvalue weighted by atomic mass is 16.3. The summed E-state index contributed by atoms with van der Waals surface area (Å²) >= 11 is 0. The number of anilines is 3. The highest BCUT2D eigenvalue weighted by Crippen LogP contribution is 2.40. The Balaban J connectivity index is 0.926. The van der Waals surface area contributed by atoms with E-state index >= 15 is 0 Å². The van der Waals surface area contributed by atoms with Gasteiger partial charge in [-0.25, -0.2) is 0 Å².